The highest BCUT2D eigenvalue weighted by molar-refractivity contribution is 8.01. The third kappa shape index (κ3) is 3.40. The van der Waals surface area contributed by atoms with E-state index in [9.17, 15) is 4.79 Å². The van der Waals surface area contributed by atoms with Crippen molar-refractivity contribution in [2.45, 2.75) is 42.6 Å². The first-order valence-corrected chi connectivity index (χ1v) is 7.26. The van der Waals surface area contributed by atoms with Crippen molar-refractivity contribution in [2.75, 3.05) is 5.75 Å². The minimum Gasteiger partial charge on any atom is -0.368 e. The second-order valence-corrected chi connectivity index (χ2v) is 6.49. The standard InChI is InChI=1S/C10H16N4OS2/c1-6-12-9(17-14-6)16-5-10(2,8(11)15)13-7-3-4-7/h7,13H,3-5H2,1-2H3,(H2,11,15). The maximum atomic E-state index is 11.5. The predicted molar refractivity (Wildman–Crippen MR) is 69.1 cm³/mol. The Labute approximate surface area is 109 Å². The molecule has 7 heteroatoms. The van der Waals surface area contributed by atoms with Crippen LogP contribution >= 0.6 is 23.3 Å². The molecule has 17 heavy (non-hydrogen) atoms. The van der Waals surface area contributed by atoms with E-state index in [0.717, 1.165) is 23.0 Å². The van der Waals surface area contributed by atoms with Crippen LogP contribution in [0.15, 0.2) is 4.34 Å². The van der Waals surface area contributed by atoms with Crippen LogP contribution in [0.3, 0.4) is 0 Å². The summed E-state index contributed by atoms with van der Waals surface area (Å²) in [5.41, 5.74) is 4.81. The van der Waals surface area contributed by atoms with Gasteiger partial charge in [0.25, 0.3) is 0 Å². The van der Waals surface area contributed by atoms with E-state index >= 15 is 0 Å². The van der Waals surface area contributed by atoms with Crippen molar-refractivity contribution in [3.63, 3.8) is 0 Å². The summed E-state index contributed by atoms with van der Waals surface area (Å²) in [4.78, 5) is 15.8. The molecule has 0 aliphatic heterocycles. The van der Waals surface area contributed by atoms with Gasteiger partial charge in [-0.3, -0.25) is 4.79 Å². The molecule has 0 radical (unpaired) electrons. The molecule has 1 aliphatic carbocycles. The summed E-state index contributed by atoms with van der Waals surface area (Å²) < 4.78 is 4.99. The topological polar surface area (TPSA) is 80.9 Å². The lowest BCUT2D eigenvalue weighted by Crippen LogP contribution is -2.55. The van der Waals surface area contributed by atoms with Crippen LogP contribution < -0.4 is 11.1 Å². The molecule has 0 spiro atoms. The summed E-state index contributed by atoms with van der Waals surface area (Å²) in [6, 6.07) is 0.448. The number of rotatable bonds is 6. The Kier molecular flexibility index (Phi) is 3.70. The average Bonchev–Trinajstić information content (AvgIpc) is 2.96. The van der Waals surface area contributed by atoms with Gasteiger partial charge in [0, 0.05) is 11.8 Å². The summed E-state index contributed by atoms with van der Waals surface area (Å²) in [7, 11) is 0. The van der Waals surface area contributed by atoms with Crippen LogP contribution in [0, 0.1) is 6.92 Å². The van der Waals surface area contributed by atoms with E-state index in [4.69, 9.17) is 5.73 Å². The second kappa shape index (κ2) is 4.91. The molecule has 0 saturated heterocycles. The Bertz CT molecular complexity index is 418. The Morgan fingerprint density at radius 1 is 1.71 bits per heavy atom. The van der Waals surface area contributed by atoms with Crippen LogP contribution in [0.4, 0.5) is 0 Å². The number of nitrogens with zero attached hydrogens (tertiary/aromatic N) is 2. The monoisotopic (exact) mass is 272 g/mol. The molecule has 1 atom stereocenters. The maximum Gasteiger partial charge on any atom is 0.238 e. The second-order valence-electron chi connectivity index (χ2n) is 4.51. The molecule has 1 fully saturated rings. The van der Waals surface area contributed by atoms with Crippen LogP contribution in [0.1, 0.15) is 25.6 Å². The van der Waals surface area contributed by atoms with Gasteiger partial charge in [0.2, 0.25) is 5.91 Å². The SMILES string of the molecule is Cc1nsc(SCC(C)(NC2CC2)C(N)=O)n1. The van der Waals surface area contributed by atoms with E-state index < -0.39 is 5.54 Å². The first kappa shape index (κ1) is 12.8. The van der Waals surface area contributed by atoms with Crippen LogP contribution in [0.25, 0.3) is 0 Å². The Balaban J connectivity index is 1.95. The smallest absolute Gasteiger partial charge is 0.238 e. The van der Waals surface area contributed by atoms with Crippen molar-refractivity contribution < 1.29 is 4.79 Å². The number of nitrogens with two attached hydrogens (primary N) is 1. The molecule has 1 saturated carbocycles. The number of primary amides is 1. The number of carbonyl (C=O) groups excluding carboxylic acids is 1. The highest BCUT2D eigenvalue weighted by atomic mass is 32.2. The molecule has 5 nitrogen and oxygen atoms in total. The van der Waals surface area contributed by atoms with Crippen molar-refractivity contribution in [2.24, 2.45) is 5.73 Å². The number of hydrogen-bond donors (Lipinski definition) is 2. The molecule has 1 aliphatic rings. The minimum atomic E-state index is -0.661. The van der Waals surface area contributed by atoms with Gasteiger partial charge in [0.15, 0.2) is 4.34 Å². The summed E-state index contributed by atoms with van der Waals surface area (Å²) in [6.07, 6.45) is 2.26. The van der Waals surface area contributed by atoms with E-state index in [0.29, 0.717) is 11.8 Å². The lowest BCUT2D eigenvalue weighted by Gasteiger charge is -2.26. The number of nitrogens with one attached hydrogen (secondary N) is 1. The molecule has 1 amide bonds. The minimum absolute atomic E-state index is 0.307. The fourth-order valence-corrected chi connectivity index (χ4v) is 3.16. The predicted octanol–water partition coefficient (Wildman–Crippen LogP) is 0.935. The number of hydrogen-bond acceptors (Lipinski definition) is 6. The first-order chi connectivity index (χ1) is 7.99. The van der Waals surface area contributed by atoms with Gasteiger partial charge in [-0.25, -0.2) is 4.98 Å². The average molecular weight is 272 g/mol. The molecule has 0 bridgehead atoms. The molecule has 1 aromatic heterocycles. The van der Waals surface area contributed by atoms with E-state index in [1.807, 2.05) is 13.8 Å². The normalized spacial score (nSPS) is 18.9. The van der Waals surface area contributed by atoms with Gasteiger partial charge < -0.3 is 11.1 Å². The highest BCUT2D eigenvalue weighted by Crippen LogP contribution is 2.28. The third-order valence-electron chi connectivity index (χ3n) is 2.64. The Morgan fingerprint density at radius 3 is 2.88 bits per heavy atom. The van der Waals surface area contributed by atoms with Gasteiger partial charge >= 0.3 is 0 Å². The number of aryl methyl sites for hydroxylation is 1. The molecule has 1 unspecified atom stereocenters. The van der Waals surface area contributed by atoms with Crippen molar-refractivity contribution in [3.05, 3.63) is 5.82 Å². The van der Waals surface area contributed by atoms with Gasteiger partial charge in [-0.1, -0.05) is 11.8 Å². The first-order valence-electron chi connectivity index (χ1n) is 5.50. The number of amides is 1. The number of aromatic nitrogens is 2. The van der Waals surface area contributed by atoms with Crippen molar-refractivity contribution >= 4 is 29.2 Å². The zero-order valence-electron chi connectivity index (χ0n) is 9.90. The molecule has 1 aromatic rings. The van der Waals surface area contributed by atoms with Crippen LogP contribution in [0.2, 0.25) is 0 Å². The van der Waals surface area contributed by atoms with Gasteiger partial charge in [0.05, 0.1) is 0 Å². The Hall–Kier alpha value is -0.660. The summed E-state index contributed by atoms with van der Waals surface area (Å²) in [5.74, 6) is 1.06. The molecule has 94 valence electrons. The van der Waals surface area contributed by atoms with Gasteiger partial charge in [0.1, 0.15) is 11.4 Å². The summed E-state index contributed by atoms with van der Waals surface area (Å²) in [5, 5.41) is 3.30. The van der Waals surface area contributed by atoms with Crippen molar-refractivity contribution in [1.29, 1.82) is 0 Å². The molecule has 1 heterocycles. The van der Waals surface area contributed by atoms with E-state index in [1.54, 1.807) is 0 Å². The van der Waals surface area contributed by atoms with E-state index in [1.165, 1.54) is 23.3 Å². The highest BCUT2D eigenvalue weighted by Gasteiger charge is 2.37. The van der Waals surface area contributed by atoms with Gasteiger partial charge in [-0.05, 0) is 38.2 Å². The van der Waals surface area contributed by atoms with Crippen molar-refractivity contribution in [1.82, 2.24) is 14.7 Å². The molecule has 3 N–H and O–H groups in total. The van der Waals surface area contributed by atoms with E-state index in [2.05, 4.69) is 14.7 Å². The van der Waals surface area contributed by atoms with Crippen LogP contribution in [-0.4, -0.2) is 32.6 Å². The lowest BCUT2D eigenvalue weighted by atomic mass is 10.1. The zero-order chi connectivity index (χ0) is 12.5. The maximum absolute atomic E-state index is 11.5. The number of thioether (sulfide) groups is 1. The largest absolute Gasteiger partial charge is 0.368 e. The fourth-order valence-electron chi connectivity index (χ4n) is 1.40. The molecule has 0 aromatic carbocycles. The van der Waals surface area contributed by atoms with Crippen LogP contribution in [0.5, 0.6) is 0 Å². The fraction of sp³-hybridized carbons (Fsp3) is 0.700. The zero-order valence-corrected chi connectivity index (χ0v) is 11.5. The van der Waals surface area contributed by atoms with Crippen molar-refractivity contribution in [3.8, 4) is 0 Å². The van der Waals surface area contributed by atoms with Gasteiger partial charge in [-0.2, -0.15) is 4.37 Å². The lowest BCUT2D eigenvalue weighted by molar-refractivity contribution is -0.123. The molecular formula is C10H16N4OS2. The van der Waals surface area contributed by atoms with Gasteiger partial charge in [-0.15, -0.1) is 0 Å². The summed E-state index contributed by atoms with van der Waals surface area (Å²) >= 11 is 2.89. The number of carbonyl (C=O) groups is 1. The molecular weight excluding hydrogens is 256 g/mol. The van der Waals surface area contributed by atoms with E-state index in [-0.39, 0.29) is 5.91 Å². The quantitative estimate of drug-likeness (QED) is 0.753. The summed E-state index contributed by atoms with van der Waals surface area (Å²) in [6.45, 7) is 3.71. The Morgan fingerprint density at radius 2 is 2.41 bits per heavy atom. The van der Waals surface area contributed by atoms with Crippen LogP contribution in [-0.2, 0) is 4.79 Å². The third-order valence-corrected chi connectivity index (χ3v) is 4.88. The molecule has 2 rings (SSSR count).